The van der Waals surface area contributed by atoms with Crippen molar-refractivity contribution in [2.24, 2.45) is 21.7 Å². The molecule has 0 aromatic heterocycles. The molecule has 14 nitrogen and oxygen atoms in total. The Labute approximate surface area is 249 Å². The zero-order valence-electron chi connectivity index (χ0n) is 24.0. The molecule has 0 spiro atoms. The van der Waals surface area contributed by atoms with Crippen LogP contribution in [0.2, 0.25) is 0 Å². The molecule has 0 amide bonds. The van der Waals surface area contributed by atoms with Crippen molar-refractivity contribution in [1.82, 2.24) is 10.1 Å². The number of aliphatic hydroxyl groups excluding tert-OH is 2. The van der Waals surface area contributed by atoms with Gasteiger partial charge in [-0.3, -0.25) is 14.3 Å². The summed E-state index contributed by atoms with van der Waals surface area (Å²) in [5, 5.41) is 40.8. The van der Waals surface area contributed by atoms with Crippen LogP contribution in [0.1, 0.15) is 46.0 Å². The molecule has 1 aliphatic carbocycles. The third-order valence-electron chi connectivity index (χ3n) is 8.09. The number of nitrogens with zero attached hydrogens (tertiary/aromatic N) is 4. The summed E-state index contributed by atoms with van der Waals surface area (Å²) in [5.41, 5.74) is 4.49. The standard InChI is InChI=1S/C28H37N6O8P/c1-17-13-21-26(30)31-16-32-34(21)24(17)28(15-29)25(36)23(35)22(41-28)14-39-43(38,42-20-11-7-4-8-12-20)33-18(2)27(37)40-19-9-5-3-6-10-19/h4,7-8,11-13,16-19,22-25,35-36H,3,5-6,9-10,14H2,1-2H3,(H,33,38)(H2,30,31,32)/t17?,18-,22+,23+,24?,25+,28-,43?/m0/s1. The number of nitrogens with one attached hydrogen (secondary N) is 1. The highest BCUT2D eigenvalue weighted by Gasteiger charge is 2.63. The number of carbonyl (C=O) groups excluding carboxylic acids is 1. The van der Waals surface area contributed by atoms with E-state index in [1.807, 2.05) is 6.07 Å². The monoisotopic (exact) mass is 616 g/mol. The summed E-state index contributed by atoms with van der Waals surface area (Å²) in [7, 11) is -4.31. The number of hydrazone groups is 1. The van der Waals surface area contributed by atoms with E-state index in [4.69, 9.17) is 24.3 Å². The number of aliphatic imine (C=N–C) groups is 1. The number of esters is 1. The molecule has 3 heterocycles. The summed E-state index contributed by atoms with van der Waals surface area (Å²) in [4.78, 5) is 16.8. The highest BCUT2D eigenvalue weighted by molar-refractivity contribution is 7.52. The van der Waals surface area contributed by atoms with Crippen LogP contribution in [-0.2, 0) is 23.4 Å². The number of nitriles is 1. The van der Waals surface area contributed by atoms with Crippen molar-refractivity contribution in [2.45, 2.75) is 88.1 Å². The number of benzene rings is 1. The Morgan fingerprint density at radius 1 is 1.30 bits per heavy atom. The van der Waals surface area contributed by atoms with Crippen LogP contribution in [0.15, 0.2) is 52.2 Å². The van der Waals surface area contributed by atoms with E-state index in [0.29, 0.717) is 5.70 Å². The lowest BCUT2D eigenvalue weighted by Gasteiger charge is -2.38. The second-order valence-corrected chi connectivity index (χ2v) is 12.9. The maximum atomic E-state index is 14.0. The molecule has 8 atom stereocenters. The Hall–Kier alpha value is -3.31. The SMILES string of the molecule is CC1C=C2C(N)=NC=NN2C1[C@]1(C#N)O[C@H](COP(=O)(N[C@@H](C)C(=O)OC2CCCCC2)Oc2ccccc2)[C@@H](O)[C@H]1O. The predicted molar refractivity (Wildman–Crippen MR) is 154 cm³/mol. The van der Waals surface area contributed by atoms with Gasteiger partial charge in [0, 0.05) is 5.92 Å². The van der Waals surface area contributed by atoms with Gasteiger partial charge in [0.15, 0.2) is 5.84 Å². The molecule has 1 aromatic carbocycles. The van der Waals surface area contributed by atoms with Gasteiger partial charge in [-0.25, -0.2) is 9.56 Å². The third-order valence-corrected chi connectivity index (χ3v) is 9.73. The van der Waals surface area contributed by atoms with E-state index in [1.54, 1.807) is 43.3 Å². The van der Waals surface area contributed by atoms with Crippen molar-refractivity contribution >= 4 is 25.9 Å². The molecular formula is C28H37N6O8P. The van der Waals surface area contributed by atoms with Gasteiger partial charge in [-0.2, -0.15) is 15.5 Å². The van der Waals surface area contributed by atoms with Gasteiger partial charge in [0.25, 0.3) is 0 Å². The summed E-state index contributed by atoms with van der Waals surface area (Å²) >= 11 is 0. The van der Waals surface area contributed by atoms with Crippen LogP contribution in [0.5, 0.6) is 5.75 Å². The maximum Gasteiger partial charge on any atom is 0.459 e. The molecule has 5 rings (SSSR count). The Kier molecular flexibility index (Phi) is 9.22. The molecule has 4 aliphatic rings. The van der Waals surface area contributed by atoms with E-state index in [1.165, 1.54) is 18.3 Å². The average molecular weight is 617 g/mol. The largest absolute Gasteiger partial charge is 0.461 e. The number of nitrogens with two attached hydrogens (primary N) is 1. The van der Waals surface area contributed by atoms with Crippen molar-refractivity contribution in [2.75, 3.05) is 6.61 Å². The fourth-order valence-corrected chi connectivity index (χ4v) is 7.41. The molecule has 0 radical (unpaired) electrons. The van der Waals surface area contributed by atoms with Gasteiger partial charge in [-0.05, 0) is 44.7 Å². The molecule has 15 heteroatoms. The summed E-state index contributed by atoms with van der Waals surface area (Å²) in [5.74, 6) is -0.602. The number of carbonyl (C=O) groups is 1. The molecule has 43 heavy (non-hydrogen) atoms. The average Bonchev–Trinajstić information content (AvgIpc) is 3.47. The fraction of sp³-hybridized carbons (Fsp3) is 0.571. The molecule has 0 bridgehead atoms. The normalized spacial score (nSPS) is 32.6. The minimum absolute atomic E-state index is 0.187. The number of hydrogen-bond acceptors (Lipinski definition) is 13. The summed E-state index contributed by atoms with van der Waals surface area (Å²) in [6.07, 6.45) is 2.76. The quantitative estimate of drug-likeness (QED) is 0.220. The van der Waals surface area contributed by atoms with Gasteiger partial charge in [0.2, 0.25) is 5.60 Å². The minimum atomic E-state index is -4.31. The summed E-state index contributed by atoms with van der Waals surface area (Å²) < 4.78 is 37.1. The van der Waals surface area contributed by atoms with E-state index >= 15 is 0 Å². The van der Waals surface area contributed by atoms with Gasteiger partial charge >= 0.3 is 13.7 Å². The van der Waals surface area contributed by atoms with Crippen molar-refractivity contribution < 1.29 is 38.1 Å². The zero-order valence-corrected chi connectivity index (χ0v) is 24.9. The minimum Gasteiger partial charge on any atom is -0.461 e. The number of amidine groups is 1. The second kappa shape index (κ2) is 12.7. The first kappa shape index (κ1) is 31.1. The number of hydrogen-bond donors (Lipinski definition) is 4. The lowest BCUT2D eigenvalue weighted by molar-refractivity contribution is -0.152. The Balaban J connectivity index is 1.31. The number of fused-ring (bicyclic) bond motifs is 1. The molecule has 2 fully saturated rings. The molecule has 1 saturated carbocycles. The third kappa shape index (κ3) is 6.33. The fourth-order valence-electron chi connectivity index (χ4n) is 5.91. The molecule has 1 aromatic rings. The first-order valence-electron chi connectivity index (χ1n) is 14.4. The van der Waals surface area contributed by atoms with Crippen LogP contribution < -0.4 is 15.3 Å². The molecule has 3 unspecified atom stereocenters. The van der Waals surface area contributed by atoms with Crippen molar-refractivity contribution in [1.29, 1.82) is 5.26 Å². The van der Waals surface area contributed by atoms with Crippen molar-refractivity contribution in [3.8, 4) is 11.8 Å². The van der Waals surface area contributed by atoms with Gasteiger partial charge < -0.3 is 29.9 Å². The molecule has 1 saturated heterocycles. The molecule has 232 valence electrons. The highest BCUT2D eigenvalue weighted by Crippen LogP contribution is 2.48. The van der Waals surface area contributed by atoms with E-state index < -0.39 is 56.3 Å². The molecule has 3 aliphatic heterocycles. The first-order chi connectivity index (χ1) is 20.6. The lowest BCUT2D eigenvalue weighted by Crippen LogP contribution is -2.58. The Morgan fingerprint density at radius 3 is 2.72 bits per heavy atom. The number of aliphatic hydroxyl groups is 2. The molecule has 5 N–H and O–H groups in total. The number of rotatable bonds is 10. The van der Waals surface area contributed by atoms with Crippen LogP contribution in [-0.4, -0.2) is 82.1 Å². The zero-order chi connectivity index (χ0) is 30.8. The highest BCUT2D eigenvalue weighted by atomic mass is 31.2. The van der Waals surface area contributed by atoms with E-state index in [-0.39, 0.29) is 23.6 Å². The van der Waals surface area contributed by atoms with E-state index in [2.05, 4.69) is 15.2 Å². The van der Waals surface area contributed by atoms with Crippen molar-refractivity contribution in [3.05, 3.63) is 42.1 Å². The van der Waals surface area contributed by atoms with Crippen LogP contribution >= 0.6 is 7.75 Å². The van der Waals surface area contributed by atoms with Gasteiger partial charge in [0.1, 0.15) is 54.7 Å². The van der Waals surface area contributed by atoms with Crippen LogP contribution in [0, 0.1) is 17.2 Å². The first-order valence-corrected chi connectivity index (χ1v) is 15.9. The predicted octanol–water partition coefficient (Wildman–Crippen LogP) is 1.95. The smallest absolute Gasteiger partial charge is 0.459 e. The van der Waals surface area contributed by atoms with Crippen molar-refractivity contribution in [3.63, 3.8) is 0 Å². The Morgan fingerprint density at radius 2 is 2.02 bits per heavy atom. The molecular weight excluding hydrogens is 579 g/mol. The topological polar surface area (TPSA) is 201 Å². The van der Waals surface area contributed by atoms with Crippen LogP contribution in [0.25, 0.3) is 0 Å². The summed E-state index contributed by atoms with van der Waals surface area (Å²) in [6.45, 7) is 2.72. The lowest BCUT2D eigenvalue weighted by atomic mass is 9.82. The number of ether oxygens (including phenoxy) is 2. The van der Waals surface area contributed by atoms with E-state index in [9.17, 15) is 24.8 Å². The Bertz CT molecular complexity index is 1360. The maximum absolute atomic E-state index is 14.0. The number of para-hydroxylation sites is 1. The van der Waals surface area contributed by atoms with Crippen LogP contribution in [0.4, 0.5) is 0 Å². The van der Waals surface area contributed by atoms with E-state index in [0.717, 1.165) is 32.1 Å². The van der Waals surface area contributed by atoms with Crippen LogP contribution in [0.3, 0.4) is 0 Å². The van der Waals surface area contributed by atoms with Gasteiger partial charge in [-0.15, -0.1) is 0 Å². The summed E-state index contributed by atoms with van der Waals surface area (Å²) in [6, 6.07) is 8.32. The van der Waals surface area contributed by atoms with Gasteiger partial charge in [-0.1, -0.05) is 37.6 Å². The van der Waals surface area contributed by atoms with Gasteiger partial charge in [0.05, 0.1) is 12.3 Å². The second-order valence-electron chi connectivity index (χ2n) is 11.2.